The van der Waals surface area contributed by atoms with E-state index in [1.54, 1.807) is 29.2 Å². The first kappa shape index (κ1) is 21.3. The lowest BCUT2D eigenvalue weighted by Gasteiger charge is -2.36. The molecule has 33 heavy (non-hydrogen) atoms. The number of hydrogen-bond donors (Lipinski definition) is 0. The largest absolute Gasteiger partial charge is 0.340 e. The van der Waals surface area contributed by atoms with E-state index in [-0.39, 0.29) is 29.6 Å². The number of nitrogens with zero attached hydrogens (tertiary/aromatic N) is 5. The van der Waals surface area contributed by atoms with Crippen LogP contribution in [-0.4, -0.2) is 61.3 Å². The normalized spacial score (nSPS) is 19.4. The molecule has 4 heterocycles. The van der Waals surface area contributed by atoms with Gasteiger partial charge in [-0.25, -0.2) is 0 Å². The van der Waals surface area contributed by atoms with Crippen molar-refractivity contribution in [1.29, 1.82) is 0 Å². The van der Waals surface area contributed by atoms with Gasteiger partial charge in [0.2, 0.25) is 5.91 Å². The third-order valence-electron chi connectivity index (χ3n) is 6.56. The third kappa shape index (κ3) is 3.69. The average Bonchev–Trinajstić information content (AvgIpc) is 3.37. The van der Waals surface area contributed by atoms with E-state index in [9.17, 15) is 14.4 Å². The number of benzene rings is 1. The summed E-state index contributed by atoms with van der Waals surface area (Å²) in [5.41, 5.74) is 1.52. The standard InChI is InChI=1S/C25H27N5O3/c1-16(2)14-20(30-23(31)18-9-3-4-10-19(18)24(30)32)25(33)28-12-7-8-17(15-28)22-27-26-21-11-5-6-13-29(21)22/h3-6,9-11,13,16-17,20H,7-8,12,14-15H2,1-2H3. The summed E-state index contributed by atoms with van der Waals surface area (Å²) in [6, 6.07) is 11.7. The van der Waals surface area contributed by atoms with Crippen molar-refractivity contribution in [3.05, 3.63) is 65.6 Å². The van der Waals surface area contributed by atoms with Gasteiger partial charge in [-0.15, -0.1) is 10.2 Å². The predicted octanol–water partition coefficient (Wildman–Crippen LogP) is 3.15. The van der Waals surface area contributed by atoms with E-state index in [1.165, 1.54) is 4.90 Å². The second-order valence-electron chi connectivity index (χ2n) is 9.28. The number of piperidine rings is 1. The van der Waals surface area contributed by atoms with Crippen molar-refractivity contribution in [3.8, 4) is 0 Å². The quantitative estimate of drug-likeness (QED) is 0.563. The molecular weight excluding hydrogens is 418 g/mol. The maximum Gasteiger partial charge on any atom is 0.262 e. The first-order valence-corrected chi connectivity index (χ1v) is 11.5. The summed E-state index contributed by atoms with van der Waals surface area (Å²) in [5, 5.41) is 8.65. The molecule has 2 atom stereocenters. The number of pyridine rings is 1. The van der Waals surface area contributed by atoms with Crippen LogP contribution >= 0.6 is 0 Å². The van der Waals surface area contributed by atoms with Crippen LogP contribution in [0.3, 0.4) is 0 Å². The molecule has 0 radical (unpaired) electrons. The van der Waals surface area contributed by atoms with Gasteiger partial charge in [-0.2, -0.15) is 0 Å². The van der Waals surface area contributed by atoms with Crippen LogP contribution in [0, 0.1) is 5.92 Å². The topological polar surface area (TPSA) is 87.9 Å². The summed E-state index contributed by atoms with van der Waals surface area (Å²) < 4.78 is 1.97. The van der Waals surface area contributed by atoms with Crippen molar-refractivity contribution in [2.75, 3.05) is 13.1 Å². The van der Waals surface area contributed by atoms with Gasteiger partial charge in [0.05, 0.1) is 11.1 Å². The fourth-order valence-electron chi connectivity index (χ4n) is 4.99. The number of likely N-dealkylation sites (tertiary alicyclic amines) is 1. The van der Waals surface area contributed by atoms with Crippen molar-refractivity contribution >= 4 is 23.4 Å². The maximum atomic E-state index is 13.8. The monoisotopic (exact) mass is 445 g/mol. The van der Waals surface area contributed by atoms with Gasteiger partial charge in [0.15, 0.2) is 5.65 Å². The van der Waals surface area contributed by atoms with Gasteiger partial charge in [0.1, 0.15) is 11.9 Å². The molecule has 1 aromatic carbocycles. The Morgan fingerprint density at radius 3 is 2.42 bits per heavy atom. The summed E-state index contributed by atoms with van der Waals surface area (Å²) in [4.78, 5) is 43.0. The summed E-state index contributed by atoms with van der Waals surface area (Å²) in [6.07, 6.45) is 4.10. The van der Waals surface area contributed by atoms with Gasteiger partial charge >= 0.3 is 0 Å². The molecule has 8 heteroatoms. The molecule has 2 aliphatic heterocycles. The third-order valence-corrected chi connectivity index (χ3v) is 6.56. The van der Waals surface area contributed by atoms with Crippen LogP contribution in [0.5, 0.6) is 0 Å². The highest BCUT2D eigenvalue weighted by molar-refractivity contribution is 6.22. The Balaban J connectivity index is 1.42. The predicted molar refractivity (Wildman–Crippen MR) is 122 cm³/mol. The van der Waals surface area contributed by atoms with Crippen LogP contribution < -0.4 is 0 Å². The highest BCUT2D eigenvalue weighted by Gasteiger charge is 2.44. The van der Waals surface area contributed by atoms with Crippen LogP contribution in [0.15, 0.2) is 48.7 Å². The van der Waals surface area contributed by atoms with Crippen LogP contribution in [0.4, 0.5) is 0 Å². The van der Waals surface area contributed by atoms with Crippen LogP contribution in [0.25, 0.3) is 5.65 Å². The van der Waals surface area contributed by atoms with E-state index in [0.29, 0.717) is 30.6 Å². The Morgan fingerprint density at radius 2 is 1.73 bits per heavy atom. The molecule has 5 rings (SSSR count). The molecule has 1 saturated heterocycles. The highest BCUT2D eigenvalue weighted by atomic mass is 16.2. The van der Waals surface area contributed by atoms with Crippen molar-refractivity contribution in [3.63, 3.8) is 0 Å². The van der Waals surface area contributed by atoms with E-state index >= 15 is 0 Å². The summed E-state index contributed by atoms with van der Waals surface area (Å²) >= 11 is 0. The Bertz CT molecular complexity index is 1200. The van der Waals surface area contributed by atoms with Gasteiger partial charge in [-0.3, -0.25) is 23.7 Å². The lowest BCUT2D eigenvalue weighted by molar-refractivity contribution is -0.137. The SMILES string of the molecule is CC(C)CC(C(=O)N1CCCC(c2nnc3ccccn23)C1)N1C(=O)c2ccccc2C1=O. The molecule has 0 aliphatic carbocycles. The van der Waals surface area contributed by atoms with Crippen molar-refractivity contribution < 1.29 is 14.4 Å². The summed E-state index contributed by atoms with van der Waals surface area (Å²) in [7, 11) is 0. The van der Waals surface area contributed by atoms with Gasteiger partial charge in [-0.05, 0) is 49.4 Å². The molecule has 0 bridgehead atoms. The van der Waals surface area contributed by atoms with Crippen LogP contribution in [-0.2, 0) is 4.79 Å². The van der Waals surface area contributed by atoms with Crippen molar-refractivity contribution in [1.82, 2.24) is 24.4 Å². The maximum absolute atomic E-state index is 13.8. The van der Waals surface area contributed by atoms with Crippen LogP contribution in [0.2, 0.25) is 0 Å². The average molecular weight is 446 g/mol. The molecule has 2 aliphatic rings. The highest BCUT2D eigenvalue weighted by Crippen LogP contribution is 2.31. The summed E-state index contributed by atoms with van der Waals surface area (Å²) in [6.45, 7) is 5.09. The zero-order chi connectivity index (χ0) is 23.1. The van der Waals surface area contributed by atoms with Gasteiger partial charge in [0.25, 0.3) is 11.8 Å². The lowest BCUT2D eigenvalue weighted by Crippen LogP contribution is -2.53. The Kier molecular flexibility index (Phi) is 5.44. The molecule has 170 valence electrons. The molecule has 0 spiro atoms. The van der Waals surface area contributed by atoms with Crippen molar-refractivity contribution in [2.45, 2.75) is 45.1 Å². The van der Waals surface area contributed by atoms with E-state index in [2.05, 4.69) is 10.2 Å². The minimum atomic E-state index is -0.814. The second-order valence-corrected chi connectivity index (χ2v) is 9.28. The first-order chi connectivity index (χ1) is 16.0. The van der Waals surface area contributed by atoms with E-state index in [1.807, 2.05) is 42.6 Å². The number of rotatable bonds is 5. The van der Waals surface area contributed by atoms with Gasteiger partial charge < -0.3 is 4.90 Å². The number of aromatic nitrogens is 3. The number of carbonyl (C=O) groups excluding carboxylic acids is 3. The molecule has 2 aromatic heterocycles. The molecule has 3 aromatic rings. The number of hydrogen-bond acceptors (Lipinski definition) is 5. The number of fused-ring (bicyclic) bond motifs is 2. The van der Waals surface area contributed by atoms with Gasteiger partial charge in [0, 0.05) is 25.2 Å². The molecule has 0 N–H and O–H groups in total. The fraction of sp³-hybridized carbons (Fsp3) is 0.400. The molecule has 1 fully saturated rings. The Morgan fingerprint density at radius 1 is 1.03 bits per heavy atom. The summed E-state index contributed by atoms with van der Waals surface area (Å²) in [5.74, 6) is 0.0884. The lowest BCUT2D eigenvalue weighted by atomic mass is 9.95. The van der Waals surface area contributed by atoms with Crippen LogP contribution in [0.1, 0.15) is 65.6 Å². The second kappa shape index (κ2) is 8.42. The molecule has 8 nitrogen and oxygen atoms in total. The zero-order valence-corrected chi connectivity index (χ0v) is 18.8. The van der Waals surface area contributed by atoms with Crippen molar-refractivity contribution in [2.24, 2.45) is 5.92 Å². The van der Waals surface area contributed by atoms with E-state index in [4.69, 9.17) is 0 Å². The molecule has 2 unspecified atom stereocenters. The van der Waals surface area contributed by atoms with E-state index < -0.39 is 6.04 Å². The first-order valence-electron chi connectivity index (χ1n) is 11.5. The van der Waals surface area contributed by atoms with Gasteiger partial charge in [-0.1, -0.05) is 32.0 Å². The van der Waals surface area contributed by atoms with E-state index in [0.717, 1.165) is 24.3 Å². The molecule has 0 saturated carbocycles. The number of amides is 3. The zero-order valence-electron chi connectivity index (χ0n) is 18.8. The Labute approximate surface area is 192 Å². The number of carbonyl (C=O) groups is 3. The minimum Gasteiger partial charge on any atom is -0.340 e. The fourth-order valence-corrected chi connectivity index (χ4v) is 4.99. The Hall–Kier alpha value is -3.55. The minimum absolute atomic E-state index is 0.0435. The molecular formula is C25H27N5O3. The molecule has 3 amide bonds. The smallest absolute Gasteiger partial charge is 0.262 e. The number of imide groups is 1.